The van der Waals surface area contributed by atoms with Crippen LogP contribution < -0.4 is 5.73 Å². The van der Waals surface area contributed by atoms with E-state index in [1.807, 2.05) is 29.4 Å². The number of piperidine rings is 1. The number of likely N-dealkylation sites (tertiary alicyclic amines) is 1. The molecule has 0 bridgehead atoms. The van der Waals surface area contributed by atoms with Gasteiger partial charge >= 0.3 is 0 Å². The fraction of sp³-hybridized carbons (Fsp3) is 0.409. The molecule has 2 aliphatic rings. The molecule has 1 atom stereocenters. The lowest BCUT2D eigenvalue weighted by atomic mass is 9.77. The van der Waals surface area contributed by atoms with Crippen molar-refractivity contribution in [3.63, 3.8) is 0 Å². The minimum atomic E-state index is -0.0406. The number of aromatic amines is 1. The number of amides is 1. The molecular weight excluding hydrogens is 350 g/mol. The first kappa shape index (κ1) is 17.2. The highest BCUT2D eigenvalue weighted by molar-refractivity contribution is 5.84. The number of nitrogen functional groups attached to an aromatic ring is 1. The molecule has 3 heterocycles. The summed E-state index contributed by atoms with van der Waals surface area (Å²) in [5, 5.41) is 1.21. The minimum absolute atomic E-state index is 0.0406. The van der Waals surface area contributed by atoms with Gasteiger partial charge in [0.1, 0.15) is 0 Å². The second kappa shape index (κ2) is 6.62. The molecule has 144 valence electrons. The van der Waals surface area contributed by atoms with Crippen molar-refractivity contribution in [3.05, 3.63) is 53.5 Å². The number of nitrogens with zero attached hydrogens (tertiary/aromatic N) is 3. The minimum Gasteiger partial charge on any atom is -0.368 e. The maximum Gasteiger partial charge on any atom is 0.222 e. The second-order valence-corrected chi connectivity index (χ2v) is 8.16. The number of nitrogens with two attached hydrogens (primary N) is 1. The zero-order chi connectivity index (χ0) is 19.1. The standard InChI is InChI=1S/C22H25N5O/c23-21-25-13-16-8-10-22(20(16)26-21)9-3-11-27(14-22)19(28)7-6-15-12-24-18-5-2-1-4-17(15)18/h1-2,4-5,12-13,24H,3,6-11,14H2,(H2,23,25,26). The summed E-state index contributed by atoms with van der Waals surface area (Å²) in [6.07, 6.45) is 9.30. The van der Waals surface area contributed by atoms with Gasteiger partial charge in [-0.2, -0.15) is 0 Å². The molecule has 2 aromatic heterocycles. The van der Waals surface area contributed by atoms with Gasteiger partial charge in [0, 0.05) is 48.2 Å². The third kappa shape index (κ3) is 2.84. The Morgan fingerprint density at radius 1 is 1.29 bits per heavy atom. The number of anilines is 1. The summed E-state index contributed by atoms with van der Waals surface area (Å²) in [6.45, 7) is 1.59. The van der Waals surface area contributed by atoms with E-state index in [9.17, 15) is 4.79 Å². The van der Waals surface area contributed by atoms with Gasteiger partial charge in [-0.25, -0.2) is 9.97 Å². The van der Waals surface area contributed by atoms with Crippen LogP contribution in [0.4, 0.5) is 5.95 Å². The largest absolute Gasteiger partial charge is 0.368 e. The summed E-state index contributed by atoms with van der Waals surface area (Å²) in [5.74, 6) is 0.572. The Kier molecular flexibility index (Phi) is 4.07. The number of aromatic nitrogens is 3. The van der Waals surface area contributed by atoms with Crippen molar-refractivity contribution >= 4 is 22.8 Å². The Bertz CT molecular complexity index is 1040. The molecule has 28 heavy (non-hydrogen) atoms. The summed E-state index contributed by atoms with van der Waals surface area (Å²) < 4.78 is 0. The Morgan fingerprint density at radius 3 is 3.11 bits per heavy atom. The van der Waals surface area contributed by atoms with Crippen molar-refractivity contribution in [2.24, 2.45) is 0 Å². The number of hydrogen-bond donors (Lipinski definition) is 2. The first-order chi connectivity index (χ1) is 13.6. The molecule has 1 saturated heterocycles. The number of aryl methyl sites for hydroxylation is 2. The molecule has 1 amide bonds. The molecule has 3 N–H and O–H groups in total. The van der Waals surface area contributed by atoms with E-state index in [1.165, 1.54) is 16.5 Å². The van der Waals surface area contributed by atoms with Crippen LogP contribution in [0.1, 0.15) is 42.5 Å². The van der Waals surface area contributed by atoms with E-state index in [-0.39, 0.29) is 11.3 Å². The van der Waals surface area contributed by atoms with Crippen molar-refractivity contribution < 1.29 is 4.79 Å². The van der Waals surface area contributed by atoms with E-state index in [1.54, 1.807) is 0 Å². The highest BCUT2D eigenvalue weighted by Gasteiger charge is 2.44. The van der Waals surface area contributed by atoms with Crippen molar-refractivity contribution in [2.75, 3.05) is 18.8 Å². The number of hydrogen-bond acceptors (Lipinski definition) is 4. The number of rotatable bonds is 3. The van der Waals surface area contributed by atoms with Crippen LogP contribution in [0.2, 0.25) is 0 Å². The number of H-pyrrole nitrogens is 1. The molecule has 0 saturated carbocycles. The molecule has 6 nitrogen and oxygen atoms in total. The highest BCUT2D eigenvalue weighted by atomic mass is 16.2. The Hall–Kier alpha value is -2.89. The topological polar surface area (TPSA) is 87.9 Å². The van der Waals surface area contributed by atoms with Gasteiger partial charge in [0.05, 0.1) is 5.69 Å². The molecule has 6 heteroatoms. The van der Waals surface area contributed by atoms with Crippen LogP contribution >= 0.6 is 0 Å². The molecule has 5 rings (SSSR count). The first-order valence-corrected chi connectivity index (χ1v) is 10.1. The number of para-hydroxylation sites is 1. The number of carbonyl (C=O) groups is 1. The summed E-state index contributed by atoms with van der Waals surface area (Å²) in [7, 11) is 0. The summed E-state index contributed by atoms with van der Waals surface area (Å²) >= 11 is 0. The van der Waals surface area contributed by atoms with Gasteiger partial charge in [0.2, 0.25) is 11.9 Å². The van der Waals surface area contributed by atoms with Gasteiger partial charge in [-0.05, 0) is 49.3 Å². The van der Waals surface area contributed by atoms with Crippen molar-refractivity contribution in [1.82, 2.24) is 19.9 Å². The lowest BCUT2D eigenvalue weighted by Gasteiger charge is -2.40. The van der Waals surface area contributed by atoms with Gasteiger partial charge in [-0.1, -0.05) is 18.2 Å². The zero-order valence-corrected chi connectivity index (χ0v) is 15.9. The molecule has 1 fully saturated rings. The summed E-state index contributed by atoms with van der Waals surface area (Å²) in [5.41, 5.74) is 10.4. The van der Waals surface area contributed by atoms with Crippen LogP contribution in [0.5, 0.6) is 0 Å². The van der Waals surface area contributed by atoms with Gasteiger partial charge in [0.25, 0.3) is 0 Å². The Balaban J connectivity index is 1.31. The van der Waals surface area contributed by atoms with Crippen LogP contribution in [-0.4, -0.2) is 38.8 Å². The predicted molar refractivity (Wildman–Crippen MR) is 109 cm³/mol. The average molecular weight is 375 g/mol. The summed E-state index contributed by atoms with van der Waals surface area (Å²) in [4.78, 5) is 27.1. The first-order valence-electron chi connectivity index (χ1n) is 10.1. The third-order valence-corrected chi connectivity index (χ3v) is 6.47. The van der Waals surface area contributed by atoms with Crippen molar-refractivity contribution in [1.29, 1.82) is 0 Å². The smallest absolute Gasteiger partial charge is 0.222 e. The molecule has 1 aromatic carbocycles. The molecule has 1 aliphatic heterocycles. The third-order valence-electron chi connectivity index (χ3n) is 6.47. The van der Waals surface area contributed by atoms with E-state index < -0.39 is 0 Å². The quantitative estimate of drug-likeness (QED) is 0.737. The fourth-order valence-corrected chi connectivity index (χ4v) is 5.04. The molecular formula is C22H25N5O. The number of benzene rings is 1. The predicted octanol–water partition coefficient (Wildman–Crippen LogP) is 2.98. The van der Waals surface area contributed by atoms with E-state index >= 15 is 0 Å². The van der Waals surface area contributed by atoms with E-state index in [0.717, 1.165) is 56.4 Å². The van der Waals surface area contributed by atoms with E-state index in [4.69, 9.17) is 5.73 Å². The van der Waals surface area contributed by atoms with Gasteiger partial charge < -0.3 is 15.6 Å². The molecule has 0 radical (unpaired) electrons. The highest BCUT2D eigenvalue weighted by Crippen LogP contribution is 2.44. The molecule has 1 spiro atoms. The van der Waals surface area contributed by atoms with Gasteiger partial charge in [0.15, 0.2) is 0 Å². The maximum atomic E-state index is 13.0. The number of fused-ring (bicyclic) bond motifs is 3. The monoisotopic (exact) mass is 375 g/mol. The van der Waals surface area contributed by atoms with Crippen molar-refractivity contribution in [3.8, 4) is 0 Å². The van der Waals surface area contributed by atoms with Gasteiger partial charge in [-0.15, -0.1) is 0 Å². The Morgan fingerprint density at radius 2 is 2.18 bits per heavy atom. The molecule has 1 unspecified atom stereocenters. The number of carbonyl (C=O) groups excluding carboxylic acids is 1. The van der Waals surface area contributed by atoms with Crippen LogP contribution in [0, 0.1) is 0 Å². The Labute approximate surface area is 164 Å². The second-order valence-electron chi connectivity index (χ2n) is 8.16. The zero-order valence-electron chi connectivity index (χ0n) is 15.9. The summed E-state index contributed by atoms with van der Waals surface area (Å²) in [6, 6.07) is 8.25. The van der Waals surface area contributed by atoms with Crippen LogP contribution in [0.15, 0.2) is 36.7 Å². The van der Waals surface area contributed by atoms with E-state index in [2.05, 4.69) is 27.1 Å². The van der Waals surface area contributed by atoms with E-state index in [0.29, 0.717) is 12.4 Å². The van der Waals surface area contributed by atoms with Crippen LogP contribution in [0.25, 0.3) is 10.9 Å². The normalized spacial score (nSPS) is 21.4. The van der Waals surface area contributed by atoms with Crippen molar-refractivity contribution in [2.45, 2.75) is 43.9 Å². The molecule has 1 aliphatic carbocycles. The maximum absolute atomic E-state index is 13.0. The van der Waals surface area contributed by atoms with Gasteiger partial charge in [-0.3, -0.25) is 4.79 Å². The van der Waals surface area contributed by atoms with Crippen LogP contribution in [0.3, 0.4) is 0 Å². The molecule has 3 aromatic rings. The SMILES string of the molecule is Nc1ncc2c(n1)C1(CCCN(C(=O)CCc3c[nH]c4ccccc34)C1)CC2. The lowest BCUT2D eigenvalue weighted by molar-refractivity contribution is -0.133. The number of nitrogens with one attached hydrogen (secondary N) is 1. The average Bonchev–Trinajstić information content (AvgIpc) is 3.28. The van der Waals surface area contributed by atoms with Crippen LogP contribution in [-0.2, 0) is 23.1 Å². The lowest BCUT2D eigenvalue weighted by Crippen LogP contribution is -2.48. The fourth-order valence-electron chi connectivity index (χ4n) is 5.04.